The Balaban J connectivity index is 2.15. The minimum absolute atomic E-state index is 0.0667. The number of carbonyl (C=O) groups is 2. The van der Waals surface area contributed by atoms with Gasteiger partial charge in [-0.05, 0) is 5.56 Å². The van der Waals surface area contributed by atoms with E-state index in [-0.39, 0.29) is 17.3 Å². The summed E-state index contributed by atoms with van der Waals surface area (Å²) in [5.74, 6) is -0.239. The first-order valence-electron chi connectivity index (χ1n) is 6.32. The minimum Gasteiger partial charge on any atom is -0.383 e. The summed E-state index contributed by atoms with van der Waals surface area (Å²) in [6.45, 7) is 1.05. The summed E-state index contributed by atoms with van der Waals surface area (Å²) in [7, 11) is 3.62. The summed E-state index contributed by atoms with van der Waals surface area (Å²) in [6.07, 6.45) is 2.01. The quantitative estimate of drug-likeness (QED) is 0.608. The van der Waals surface area contributed by atoms with Crippen molar-refractivity contribution in [1.29, 1.82) is 0 Å². The second-order valence-electron chi connectivity index (χ2n) is 4.89. The smallest absolute Gasteiger partial charge is 0.259 e. The van der Waals surface area contributed by atoms with E-state index in [0.717, 1.165) is 5.56 Å². The molecule has 0 N–H and O–H groups in total. The maximum absolute atomic E-state index is 12.3. The monoisotopic (exact) mass is 258 g/mol. The number of amides is 1. The van der Waals surface area contributed by atoms with Gasteiger partial charge >= 0.3 is 0 Å². The van der Waals surface area contributed by atoms with Crippen molar-refractivity contribution < 1.29 is 9.59 Å². The Morgan fingerprint density at radius 3 is 2.53 bits per heavy atom. The van der Waals surface area contributed by atoms with Crippen LogP contribution >= 0.6 is 0 Å². The molecule has 0 radical (unpaired) electrons. The summed E-state index contributed by atoms with van der Waals surface area (Å²) >= 11 is 0. The van der Waals surface area contributed by atoms with E-state index in [9.17, 15) is 9.59 Å². The molecule has 1 aromatic rings. The Kier molecular flexibility index (Phi) is 4.00. The van der Waals surface area contributed by atoms with Crippen molar-refractivity contribution in [2.45, 2.75) is 13.0 Å². The van der Waals surface area contributed by atoms with Crippen LogP contribution in [0.4, 0.5) is 0 Å². The average Bonchev–Trinajstić information content (AvgIpc) is 2.39. The first kappa shape index (κ1) is 13.3. The van der Waals surface area contributed by atoms with Gasteiger partial charge in [0.2, 0.25) is 0 Å². The highest BCUT2D eigenvalue weighted by Crippen LogP contribution is 2.17. The molecule has 0 unspecified atom stereocenters. The van der Waals surface area contributed by atoms with Crippen LogP contribution < -0.4 is 0 Å². The predicted octanol–water partition coefficient (Wildman–Crippen LogP) is 1.43. The second kappa shape index (κ2) is 5.69. The van der Waals surface area contributed by atoms with Crippen LogP contribution in [0, 0.1) is 0 Å². The maximum Gasteiger partial charge on any atom is 0.259 e. The summed E-state index contributed by atoms with van der Waals surface area (Å²) in [5.41, 5.74) is 1.36. The SMILES string of the molecule is CN(C)/C=C1/C(=O)CCN(Cc2ccccc2)C1=O. The van der Waals surface area contributed by atoms with Crippen LogP contribution in [0.2, 0.25) is 0 Å². The number of likely N-dealkylation sites (tertiary alicyclic amines) is 1. The number of rotatable bonds is 3. The van der Waals surface area contributed by atoms with Crippen LogP contribution in [0.1, 0.15) is 12.0 Å². The summed E-state index contributed by atoms with van der Waals surface area (Å²) in [4.78, 5) is 27.5. The van der Waals surface area contributed by atoms with Crippen molar-refractivity contribution in [3.05, 3.63) is 47.7 Å². The molecular weight excluding hydrogens is 240 g/mol. The van der Waals surface area contributed by atoms with E-state index >= 15 is 0 Å². The fraction of sp³-hybridized carbons (Fsp3) is 0.333. The zero-order valence-corrected chi connectivity index (χ0v) is 11.3. The lowest BCUT2D eigenvalue weighted by Gasteiger charge is -2.28. The molecule has 2 rings (SSSR count). The minimum atomic E-state index is -0.172. The second-order valence-corrected chi connectivity index (χ2v) is 4.89. The molecule has 1 aliphatic heterocycles. The molecule has 0 spiro atoms. The summed E-state index contributed by atoms with van der Waals surface area (Å²) in [6, 6.07) is 9.82. The van der Waals surface area contributed by atoms with Gasteiger partial charge in [-0.15, -0.1) is 0 Å². The Morgan fingerprint density at radius 1 is 1.21 bits per heavy atom. The van der Waals surface area contributed by atoms with Crippen LogP contribution in [0.5, 0.6) is 0 Å². The van der Waals surface area contributed by atoms with Crippen LogP contribution in [0.3, 0.4) is 0 Å². The molecule has 4 nitrogen and oxygen atoms in total. The van der Waals surface area contributed by atoms with E-state index in [1.54, 1.807) is 16.0 Å². The summed E-state index contributed by atoms with van der Waals surface area (Å²) in [5, 5.41) is 0. The van der Waals surface area contributed by atoms with Gasteiger partial charge in [-0.3, -0.25) is 9.59 Å². The molecule has 4 heteroatoms. The number of carbonyl (C=O) groups excluding carboxylic acids is 2. The van der Waals surface area contributed by atoms with Gasteiger partial charge in [0, 0.05) is 39.8 Å². The highest BCUT2D eigenvalue weighted by Gasteiger charge is 2.29. The fourth-order valence-electron chi connectivity index (χ4n) is 2.10. The standard InChI is InChI=1S/C15H18N2O2/c1-16(2)11-13-14(18)8-9-17(15(13)19)10-12-6-4-3-5-7-12/h3-7,11H,8-10H2,1-2H3/b13-11-. The first-order valence-corrected chi connectivity index (χ1v) is 6.32. The molecule has 1 amide bonds. The van der Waals surface area contributed by atoms with Gasteiger partial charge in [-0.2, -0.15) is 0 Å². The molecule has 0 aromatic heterocycles. The highest BCUT2D eigenvalue weighted by atomic mass is 16.2. The highest BCUT2D eigenvalue weighted by molar-refractivity contribution is 6.20. The number of hydrogen-bond donors (Lipinski definition) is 0. The third kappa shape index (κ3) is 3.22. The van der Waals surface area contributed by atoms with Crippen LogP contribution in [0.15, 0.2) is 42.1 Å². The van der Waals surface area contributed by atoms with Gasteiger partial charge in [-0.1, -0.05) is 30.3 Å². The van der Waals surface area contributed by atoms with Gasteiger partial charge < -0.3 is 9.80 Å². The molecule has 1 fully saturated rings. The number of benzene rings is 1. The van der Waals surface area contributed by atoms with Crippen molar-refractivity contribution in [3.8, 4) is 0 Å². The molecule has 0 saturated carbocycles. The lowest BCUT2D eigenvalue weighted by Crippen LogP contribution is -2.41. The van der Waals surface area contributed by atoms with Crippen molar-refractivity contribution in [2.75, 3.05) is 20.6 Å². The van der Waals surface area contributed by atoms with E-state index in [1.807, 2.05) is 44.4 Å². The van der Waals surface area contributed by atoms with Crippen LogP contribution in [0.25, 0.3) is 0 Å². The Hall–Kier alpha value is -2.10. The van der Waals surface area contributed by atoms with E-state index < -0.39 is 0 Å². The van der Waals surface area contributed by atoms with Crippen LogP contribution in [-0.2, 0) is 16.1 Å². The maximum atomic E-state index is 12.3. The van der Waals surface area contributed by atoms with E-state index in [2.05, 4.69) is 0 Å². The van der Waals surface area contributed by atoms with Gasteiger partial charge in [0.05, 0.1) is 5.57 Å². The lowest BCUT2D eigenvalue weighted by molar-refractivity contribution is -0.133. The Bertz CT molecular complexity index is 506. The molecule has 1 heterocycles. The Morgan fingerprint density at radius 2 is 1.89 bits per heavy atom. The zero-order valence-electron chi connectivity index (χ0n) is 11.3. The summed E-state index contributed by atoms with van der Waals surface area (Å²) < 4.78 is 0. The molecule has 1 aliphatic rings. The van der Waals surface area contributed by atoms with E-state index in [0.29, 0.717) is 19.5 Å². The third-order valence-corrected chi connectivity index (χ3v) is 3.03. The average molecular weight is 258 g/mol. The molecule has 19 heavy (non-hydrogen) atoms. The van der Waals surface area contributed by atoms with Gasteiger partial charge in [0.25, 0.3) is 5.91 Å². The number of hydrogen-bond acceptors (Lipinski definition) is 3. The van der Waals surface area contributed by atoms with Crippen molar-refractivity contribution in [3.63, 3.8) is 0 Å². The van der Waals surface area contributed by atoms with Crippen molar-refractivity contribution in [1.82, 2.24) is 9.80 Å². The van der Waals surface area contributed by atoms with Gasteiger partial charge in [0.1, 0.15) is 0 Å². The Labute approximate surface area is 113 Å². The van der Waals surface area contributed by atoms with Crippen LogP contribution in [-0.4, -0.2) is 42.1 Å². The lowest BCUT2D eigenvalue weighted by atomic mass is 10.0. The molecular formula is C15H18N2O2. The van der Waals surface area contributed by atoms with Gasteiger partial charge in [-0.25, -0.2) is 0 Å². The first-order chi connectivity index (χ1) is 9.08. The fourth-order valence-corrected chi connectivity index (χ4v) is 2.10. The van der Waals surface area contributed by atoms with Crippen molar-refractivity contribution in [2.24, 2.45) is 0 Å². The normalized spacial score (nSPS) is 18.0. The zero-order chi connectivity index (χ0) is 13.8. The predicted molar refractivity (Wildman–Crippen MR) is 73.3 cm³/mol. The number of piperidine rings is 1. The third-order valence-electron chi connectivity index (χ3n) is 3.03. The van der Waals surface area contributed by atoms with Gasteiger partial charge in [0.15, 0.2) is 5.78 Å². The number of nitrogens with zero attached hydrogens (tertiary/aromatic N) is 2. The number of ketones is 1. The largest absolute Gasteiger partial charge is 0.383 e. The van der Waals surface area contributed by atoms with E-state index in [1.165, 1.54) is 0 Å². The molecule has 0 bridgehead atoms. The molecule has 0 aliphatic carbocycles. The molecule has 1 saturated heterocycles. The van der Waals surface area contributed by atoms with E-state index in [4.69, 9.17) is 0 Å². The molecule has 100 valence electrons. The molecule has 1 aromatic carbocycles. The van der Waals surface area contributed by atoms with Crippen molar-refractivity contribution >= 4 is 11.7 Å². The topological polar surface area (TPSA) is 40.6 Å². The number of Topliss-reactive ketones (excluding diaryl/α,β-unsaturated/α-hetero) is 1. The molecule has 0 atom stereocenters.